The summed E-state index contributed by atoms with van der Waals surface area (Å²) in [4.78, 5) is 26.1. The van der Waals surface area contributed by atoms with E-state index in [0.717, 1.165) is 11.1 Å². The average molecular weight is 406 g/mol. The maximum atomic E-state index is 13.0. The SMILES string of the molecule is Cn1c(=O)c(=Cc2ccc3c(c2)OCO3)n(C)c(=O)c1=Cc1ccc2c(c1)OCO2. The molecule has 0 saturated heterocycles. The second kappa shape index (κ2) is 6.84. The van der Waals surface area contributed by atoms with Crippen LogP contribution in [0.15, 0.2) is 46.0 Å². The van der Waals surface area contributed by atoms with Crippen molar-refractivity contribution in [3.8, 4) is 23.0 Å². The topological polar surface area (TPSA) is 80.9 Å². The van der Waals surface area contributed by atoms with E-state index < -0.39 is 0 Å². The Kier molecular flexibility index (Phi) is 4.13. The molecular weight excluding hydrogens is 388 g/mol. The van der Waals surface area contributed by atoms with Crippen molar-refractivity contribution in [3.63, 3.8) is 0 Å². The molecule has 0 unspecified atom stereocenters. The molecule has 8 heteroatoms. The summed E-state index contributed by atoms with van der Waals surface area (Å²) < 4.78 is 24.1. The lowest BCUT2D eigenvalue weighted by Gasteiger charge is -2.06. The van der Waals surface area contributed by atoms with Crippen LogP contribution in [0, 0.1) is 0 Å². The molecule has 8 nitrogen and oxygen atoms in total. The number of ether oxygens (including phenoxy) is 4. The molecule has 30 heavy (non-hydrogen) atoms. The lowest BCUT2D eigenvalue weighted by Crippen LogP contribution is -2.56. The highest BCUT2D eigenvalue weighted by molar-refractivity contribution is 5.57. The molecule has 2 aliphatic rings. The zero-order valence-corrected chi connectivity index (χ0v) is 16.4. The van der Waals surface area contributed by atoms with Gasteiger partial charge in [-0.2, -0.15) is 0 Å². The van der Waals surface area contributed by atoms with Crippen molar-refractivity contribution >= 4 is 12.2 Å². The van der Waals surface area contributed by atoms with Crippen molar-refractivity contribution in [2.75, 3.05) is 13.6 Å². The molecular formula is C22H18N2O6. The van der Waals surface area contributed by atoms with E-state index in [9.17, 15) is 9.59 Å². The van der Waals surface area contributed by atoms with Crippen LogP contribution in [0.2, 0.25) is 0 Å². The van der Waals surface area contributed by atoms with Crippen LogP contribution in [-0.2, 0) is 14.1 Å². The minimum atomic E-state index is -0.290. The molecule has 152 valence electrons. The monoisotopic (exact) mass is 406 g/mol. The fourth-order valence-electron chi connectivity index (χ4n) is 3.49. The summed E-state index contributed by atoms with van der Waals surface area (Å²) in [6.45, 7) is 0.340. The number of benzene rings is 2. The van der Waals surface area contributed by atoms with Crippen LogP contribution in [0.3, 0.4) is 0 Å². The van der Waals surface area contributed by atoms with Gasteiger partial charge in [0, 0.05) is 14.1 Å². The first kappa shape index (κ1) is 18.1. The predicted molar refractivity (Wildman–Crippen MR) is 108 cm³/mol. The maximum Gasteiger partial charge on any atom is 0.274 e. The summed E-state index contributed by atoms with van der Waals surface area (Å²) in [6, 6.07) is 10.7. The number of nitrogens with zero attached hydrogens (tertiary/aromatic N) is 2. The molecule has 0 aliphatic carbocycles. The largest absolute Gasteiger partial charge is 0.454 e. The third-order valence-electron chi connectivity index (χ3n) is 5.17. The first-order valence-electron chi connectivity index (χ1n) is 9.30. The first-order valence-corrected chi connectivity index (χ1v) is 9.30. The lowest BCUT2D eigenvalue weighted by molar-refractivity contribution is 0.173. The zero-order valence-electron chi connectivity index (χ0n) is 16.4. The second-order valence-corrected chi connectivity index (χ2v) is 7.01. The van der Waals surface area contributed by atoms with Crippen LogP contribution in [-0.4, -0.2) is 22.7 Å². The molecule has 0 amide bonds. The summed E-state index contributed by atoms with van der Waals surface area (Å²) in [5.74, 6) is 2.53. The Hall–Kier alpha value is -3.94. The summed E-state index contributed by atoms with van der Waals surface area (Å²) in [5.41, 5.74) is 0.890. The predicted octanol–water partition coefficient (Wildman–Crippen LogP) is 0.199. The Morgan fingerprint density at radius 3 is 1.50 bits per heavy atom. The molecule has 0 radical (unpaired) electrons. The molecule has 1 aromatic heterocycles. The van der Waals surface area contributed by atoms with Crippen LogP contribution in [0.5, 0.6) is 23.0 Å². The van der Waals surface area contributed by atoms with Crippen LogP contribution in [0.1, 0.15) is 11.1 Å². The molecule has 3 aromatic rings. The molecule has 0 N–H and O–H groups in total. The Morgan fingerprint density at radius 1 is 0.667 bits per heavy atom. The van der Waals surface area contributed by atoms with Gasteiger partial charge in [0.15, 0.2) is 23.0 Å². The van der Waals surface area contributed by atoms with Gasteiger partial charge in [-0.1, -0.05) is 12.1 Å². The molecule has 5 rings (SSSR count). The third-order valence-corrected chi connectivity index (χ3v) is 5.17. The summed E-state index contributed by atoms with van der Waals surface area (Å²) in [7, 11) is 3.17. The second-order valence-electron chi connectivity index (χ2n) is 7.01. The van der Waals surface area contributed by atoms with E-state index in [1.165, 1.54) is 9.13 Å². The van der Waals surface area contributed by atoms with Crippen molar-refractivity contribution in [1.82, 2.24) is 9.13 Å². The van der Waals surface area contributed by atoms with Crippen molar-refractivity contribution < 1.29 is 18.9 Å². The van der Waals surface area contributed by atoms with Gasteiger partial charge in [0.2, 0.25) is 13.6 Å². The molecule has 2 aromatic carbocycles. The summed E-state index contributed by atoms with van der Waals surface area (Å²) in [6.07, 6.45) is 3.33. The van der Waals surface area contributed by atoms with E-state index >= 15 is 0 Å². The quantitative estimate of drug-likeness (QED) is 0.605. The van der Waals surface area contributed by atoms with Crippen molar-refractivity contribution in [2.45, 2.75) is 0 Å². The zero-order chi connectivity index (χ0) is 20.8. The first-order chi connectivity index (χ1) is 14.5. The van der Waals surface area contributed by atoms with Gasteiger partial charge < -0.3 is 28.1 Å². The fourth-order valence-corrected chi connectivity index (χ4v) is 3.49. The number of hydrogen-bond acceptors (Lipinski definition) is 6. The van der Waals surface area contributed by atoms with Gasteiger partial charge in [0.1, 0.15) is 10.7 Å². The van der Waals surface area contributed by atoms with E-state index in [1.54, 1.807) is 50.5 Å². The molecule has 0 fully saturated rings. The van der Waals surface area contributed by atoms with Crippen LogP contribution < -0.4 is 40.8 Å². The highest BCUT2D eigenvalue weighted by atomic mass is 16.7. The molecule has 3 heterocycles. The number of aromatic nitrogens is 2. The molecule has 0 spiro atoms. The van der Waals surface area contributed by atoms with Gasteiger partial charge >= 0.3 is 0 Å². The van der Waals surface area contributed by atoms with Gasteiger partial charge in [-0.3, -0.25) is 9.59 Å². The van der Waals surface area contributed by atoms with E-state index in [0.29, 0.717) is 23.0 Å². The van der Waals surface area contributed by atoms with Crippen molar-refractivity contribution in [2.24, 2.45) is 14.1 Å². The molecule has 0 atom stereocenters. The van der Waals surface area contributed by atoms with Crippen LogP contribution >= 0.6 is 0 Å². The fraction of sp³-hybridized carbons (Fsp3) is 0.182. The average Bonchev–Trinajstić information content (AvgIpc) is 3.41. The minimum absolute atomic E-state index is 0.170. The van der Waals surface area contributed by atoms with Crippen molar-refractivity contribution in [1.29, 1.82) is 0 Å². The number of rotatable bonds is 2. The van der Waals surface area contributed by atoms with Gasteiger partial charge in [-0.05, 0) is 47.5 Å². The standard InChI is InChI=1S/C22H18N2O6/c1-23-15(7-13-3-5-17-19(9-13)29-11-27-17)22(26)24(2)16(21(23)25)8-14-4-6-18-20(10-14)30-12-28-18/h3-10H,11-12H2,1-2H3. The van der Waals surface area contributed by atoms with E-state index in [-0.39, 0.29) is 35.4 Å². The number of fused-ring (bicyclic) bond motifs is 2. The van der Waals surface area contributed by atoms with Gasteiger partial charge in [0.25, 0.3) is 11.1 Å². The smallest absolute Gasteiger partial charge is 0.274 e. The summed E-state index contributed by atoms with van der Waals surface area (Å²) >= 11 is 0. The highest BCUT2D eigenvalue weighted by Crippen LogP contribution is 2.33. The highest BCUT2D eigenvalue weighted by Gasteiger charge is 2.14. The van der Waals surface area contributed by atoms with Crippen LogP contribution in [0.4, 0.5) is 0 Å². The molecule has 0 saturated carbocycles. The Bertz CT molecular complexity index is 1310. The minimum Gasteiger partial charge on any atom is -0.454 e. The normalized spacial score (nSPS) is 15.1. The lowest BCUT2D eigenvalue weighted by atomic mass is 10.2. The summed E-state index contributed by atoms with van der Waals surface area (Å²) in [5, 5.41) is 0.536. The molecule has 0 bridgehead atoms. The Morgan fingerprint density at radius 2 is 1.07 bits per heavy atom. The Balaban J connectivity index is 1.66. The van der Waals surface area contributed by atoms with E-state index in [4.69, 9.17) is 18.9 Å². The van der Waals surface area contributed by atoms with Gasteiger partial charge in [-0.15, -0.1) is 0 Å². The van der Waals surface area contributed by atoms with Crippen LogP contribution in [0.25, 0.3) is 12.2 Å². The molecule has 2 aliphatic heterocycles. The third kappa shape index (κ3) is 2.93. The number of hydrogen-bond donors (Lipinski definition) is 0. The van der Waals surface area contributed by atoms with E-state index in [1.807, 2.05) is 12.1 Å². The van der Waals surface area contributed by atoms with Gasteiger partial charge in [0.05, 0.1) is 0 Å². The maximum absolute atomic E-state index is 13.0. The Labute approximate surface area is 170 Å². The van der Waals surface area contributed by atoms with E-state index in [2.05, 4.69) is 0 Å². The van der Waals surface area contributed by atoms with Crippen molar-refractivity contribution in [3.05, 3.63) is 78.9 Å². The van der Waals surface area contributed by atoms with Gasteiger partial charge in [-0.25, -0.2) is 0 Å².